The summed E-state index contributed by atoms with van der Waals surface area (Å²) < 4.78 is 7.18. The lowest BCUT2D eigenvalue weighted by Crippen LogP contribution is -2.26. The maximum atomic E-state index is 12.6. The lowest BCUT2D eigenvalue weighted by Gasteiger charge is -2.16. The van der Waals surface area contributed by atoms with Gasteiger partial charge in [0.05, 0.1) is 17.4 Å². The van der Waals surface area contributed by atoms with Gasteiger partial charge in [-0.05, 0) is 49.5 Å². The van der Waals surface area contributed by atoms with Crippen molar-refractivity contribution in [1.82, 2.24) is 14.5 Å². The Morgan fingerprint density at radius 1 is 1.33 bits per heavy atom. The molecule has 1 aromatic carbocycles. The smallest absolute Gasteiger partial charge is 0.261 e. The highest BCUT2D eigenvalue weighted by molar-refractivity contribution is 7.71. The standard InChI is InChI=1S/C17H17N3O3S/c1-10-4-6-12(23-10)9-19(2)15(21)11-5-7-13-14(8-11)18-17(24)20(3)16(13)22/h4-8H,9H2,1-3H3,(H,18,24). The molecule has 0 radical (unpaired) electrons. The molecular weight excluding hydrogens is 326 g/mol. The summed E-state index contributed by atoms with van der Waals surface area (Å²) in [5.74, 6) is 1.36. The van der Waals surface area contributed by atoms with E-state index in [0.717, 1.165) is 11.5 Å². The van der Waals surface area contributed by atoms with E-state index in [1.807, 2.05) is 19.1 Å². The summed E-state index contributed by atoms with van der Waals surface area (Å²) in [6, 6.07) is 8.65. The van der Waals surface area contributed by atoms with Crippen LogP contribution < -0.4 is 5.56 Å². The zero-order valence-electron chi connectivity index (χ0n) is 13.6. The second kappa shape index (κ2) is 6.09. The molecule has 0 spiro atoms. The highest BCUT2D eigenvalue weighted by Crippen LogP contribution is 2.14. The minimum Gasteiger partial charge on any atom is -0.464 e. The van der Waals surface area contributed by atoms with Crippen LogP contribution in [0.3, 0.4) is 0 Å². The van der Waals surface area contributed by atoms with Crippen LogP contribution in [0.4, 0.5) is 0 Å². The number of nitrogens with one attached hydrogen (secondary N) is 1. The maximum absolute atomic E-state index is 12.6. The summed E-state index contributed by atoms with van der Waals surface area (Å²) >= 11 is 5.12. The summed E-state index contributed by atoms with van der Waals surface area (Å²) in [6.45, 7) is 2.23. The molecule has 3 rings (SSSR count). The Morgan fingerprint density at radius 2 is 2.08 bits per heavy atom. The van der Waals surface area contributed by atoms with Gasteiger partial charge < -0.3 is 14.3 Å². The Kier molecular flexibility index (Phi) is 4.11. The van der Waals surface area contributed by atoms with Crippen molar-refractivity contribution in [2.45, 2.75) is 13.5 Å². The Balaban J connectivity index is 1.94. The number of carbonyl (C=O) groups excluding carboxylic acids is 1. The van der Waals surface area contributed by atoms with Crippen molar-refractivity contribution in [3.63, 3.8) is 0 Å². The van der Waals surface area contributed by atoms with Gasteiger partial charge in [-0.3, -0.25) is 14.2 Å². The SMILES string of the molecule is Cc1ccc(CN(C)C(=O)c2ccc3c(=O)n(C)c(=S)[nH]c3c2)o1. The Morgan fingerprint density at radius 3 is 2.75 bits per heavy atom. The maximum Gasteiger partial charge on any atom is 0.261 e. The first-order chi connectivity index (χ1) is 11.4. The summed E-state index contributed by atoms with van der Waals surface area (Å²) in [5, 5.41) is 0.493. The van der Waals surface area contributed by atoms with E-state index in [9.17, 15) is 9.59 Å². The van der Waals surface area contributed by atoms with Crippen molar-refractivity contribution in [2.24, 2.45) is 7.05 Å². The monoisotopic (exact) mass is 343 g/mol. The molecule has 124 valence electrons. The minimum absolute atomic E-state index is 0.161. The molecule has 24 heavy (non-hydrogen) atoms. The van der Waals surface area contributed by atoms with E-state index in [0.29, 0.717) is 27.8 Å². The molecule has 0 fully saturated rings. The number of nitrogens with zero attached hydrogens (tertiary/aromatic N) is 2. The minimum atomic E-state index is -0.188. The van der Waals surface area contributed by atoms with Crippen molar-refractivity contribution in [3.05, 3.63) is 62.5 Å². The van der Waals surface area contributed by atoms with E-state index in [1.165, 1.54) is 4.57 Å². The van der Waals surface area contributed by atoms with Crippen molar-refractivity contribution in [2.75, 3.05) is 7.05 Å². The van der Waals surface area contributed by atoms with Crippen molar-refractivity contribution in [1.29, 1.82) is 0 Å². The molecular formula is C17H17N3O3S. The molecule has 0 aliphatic rings. The Bertz CT molecular complexity index is 1050. The highest BCUT2D eigenvalue weighted by atomic mass is 32.1. The molecule has 2 heterocycles. The predicted molar refractivity (Wildman–Crippen MR) is 93.6 cm³/mol. The molecule has 2 aromatic heterocycles. The third-order valence-electron chi connectivity index (χ3n) is 3.88. The molecule has 1 amide bonds. The number of amides is 1. The Labute approximate surface area is 143 Å². The number of aromatic nitrogens is 2. The number of aromatic amines is 1. The van der Waals surface area contributed by atoms with Gasteiger partial charge in [-0.25, -0.2) is 0 Å². The van der Waals surface area contributed by atoms with Crippen molar-refractivity contribution in [3.8, 4) is 0 Å². The number of furan rings is 1. The van der Waals surface area contributed by atoms with Gasteiger partial charge >= 0.3 is 0 Å². The molecule has 0 saturated carbocycles. The second-order valence-corrected chi connectivity index (χ2v) is 6.11. The van der Waals surface area contributed by atoms with E-state index < -0.39 is 0 Å². The van der Waals surface area contributed by atoms with E-state index >= 15 is 0 Å². The predicted octanol–water partition coefficient (Wildman–Crippen LogP) is 2.77. The van der Waals surface area contributed by atoms with Crippen molar-refractivity contribution < 1.29 is 9.21 Å². The van der Waals surface area contributed by atoms with Crippen LogP contribution >= 0.6 is 12.2 Å². The number of benzene rings is 1. The second-order valence-electron chi connectivity index (χ2n) is 5.73. The van der Waals surface area contributed by atoms with Crippen LogP contribution in [0.5, 0.6) is 0 Å². The van der Waals surface area contributed by atoms with Crippen LogP contribution in [0.2, 0.25) is 0 Å². The van der Waals surface area contributed by atoms with E-state index in [-0.39, 0.29) is 11.5 Å². The number of hydrogen-bond donors (Lipinski definition) is 1. The molecule has 0 aliphatic carbocycles. The highest BCUT2D eigenvalue weighted by Gasteiger charge is 2.15. The number of rotatable bonds is 3. The van der Waals surface area contributed by atoms with Gasteiger partial charge in [0.1, 0.15) is 11.5 Å². The van der Waals surface area contributed by atoms with Gasteiger partial charge in [-0.2, -0.15) is 0 Å². The fourth-order valence-electron chi connectivity index (χ4n) is 2.54. The van der Waals surface area contributed by atoms with E-state index in [1.54, 1.807) is 37.2 Å². The lowest BCUT2D eigenvalue weighted by atomic mass is 10.1. The van der Waals surface area contributed by atoms with E-state index in [2.05, 4.69) is 4.98 Å². The van der Waals surface area contributed by atoms with Gasteiger partial charge in [0.2, 0.25) is 0 Å². The summed E-state index contributed by atoms with van der Waals surface area (Å²) in [5.41, 5.74) is 0.843. The number of hydrogen-bond acceptors (Lipinski definition) is 4. The third-order valence-corrected chi connectivity index (χ3v) is 4.26. The van der Waals surface area contributed by atoms with Gasteiger partial charge in [-0.15, -0.1) is 0 Å². The quantitative estimate of drug-likeness (QED) is 0.742. The number of carbonyl (C=O) groups is 1. The number of aryl methyl sites for hydroxylation is 1. The van der Waals surface area contributed by atoms with Gasteiger partial charge in [-0.1, -0.05) is 0 Å². The van der Waals surface area contributed by atoms with Crippen molar-refractivity contribution >= 4 is 29.0 Å². The average molecular weight is 343 g/mol. The van der Waals surface area contributed by atoms with Crippen LogP contribution in [0.15, 0.2) is 39.5 Å². The van der Waals surface area contributed by atoms with Gasteiger partial charge in [0, 0.05) is 19.7 Å². The first kappa shape index (κ1) is 16.2. The summed E-state index contributed by atoms with van der Waals surface area (Å²) in [7, 11) is 3.31. The summed E-state index contributed by atoms with van der Waals surface area (Å²) in [4.78, 5) is 29.3. The normalized spacial score (nSPS) is 11.0. The third kappa shape index (κ3) is 2.90. The molecule has 0 bridgehead atoms. The largest absolute Gasteiger partial charge is 0.464 e. The summed E-state index contributed by atoms with van der Waals surface area (Å²) in [6.07, 6.45) is 0. The van der Waals surface area contributed by atoms with Crippen LogP contribution in [-0.2, 0) is 13.6 Å². The van der Waals surface area contributed by atoms with E-state index in [4.69, 9.17) is 16.6 Å². The zero-order chi connectivity index (χ0) is 17.4. The van der Waals surface area contributed by atoms with Crippen LogP contribution in [0, 0.1) is 11.7 Å². The first-order valence-electron chi connectivity index (χ1n) is 7.40. The van der Waals surface area contributed by atoms with Gasteiger partial charge in [0.15, 0.2) is 4.77 Å². The molecule has 7 heteroatoms. The molecule has 1 N–H and O–H groups in total. The molecule has 3 aromatic rings. The number of fused-ring (bicyclic) bond motifs is 1. The van der Waals surface area contributed by atoms with Crippen LogP contribution in [-0.4, -0.2) is 27.4 Å². The first-order valence-corrected chi connectivity index (χ1v) is 7.81. The molecule has 0 unspecified atom stereocenters. The molecule has 0 aliphatic heterocycles. The number of H-pyrrole nitrogens is 1. The van der Waals surface area contributed by atoms with Crippen LogP contribution in [0.1, 0.15) is 21.9 Å². The van der Waals surface area contributed by atoms with Gasteiger partial charge in [0.25, 0.3) is 11.5 Å². The topological polar surface area (TPSA) is 71.2 Å². The fourth-order valence-corrected chi connectivity index (χ4v) is 2.73. The fraction of sp³-hybridized carbons (Fsp3) is 0.235. The Hall–Kier alpha value is -2.67. The molecule has 6 nitrogen and oxygen atoms in total. The lowest BCUT2D eigenvalue weighted by molar-refractivity contribution is 0.0775. The van der Waals surface area contributed by atoms with Crippen LogP contribution in [0.25, 0.3) is 10.9 Å². The molecule has 0 saturated heterocycles. The average Bonchev–Trinajstić information content (AvgIpc) is 2.96. The zero-order valence-corrected chi connectivity index (χ0v) is 14.4. The molecule has 0 atom stereocenters.